The number of halogens is 3. The molecule has 20 heavy (non-hydrogen) atoms. The average molecular weight is 291 g/mol. The van der Waals surface area contributed by atoms with Gasteiger partial charge in [0.05, 0.1) is 12.2 Å². The summed E-state index contributed by atoms with van der Waals surface area (Å²) in [6, 6.07) is 1.39. The van der Waals surface area contributed by atoms with Crippen LogP contribution >= 0.6 is 0 Å². The van der Waals surface area contributed by atoms with Gasteiger partial charge in [0.25, 0.3) is 0 Å². The van der Waals surface area contributed by atoms with Gasteiger partial charge in [-0.05, 0) is 13.8 Å². The number of hydrogen-bond acceptors (Lipinski definition) is 6. The van der Waals surface area contributed by atoms with E-state index >= 15 is 0 Å². The monoisotopic (exact) mass is 291 g/mol. The molecule has 9 heteroatoms. The van der Waals surface area contributed by atoms with Crippen molar-refractivity contribution in [3.05, 3.63) is 11.9 Å². The van der Waals surface area contributed by atoms with Crippen LogP contribution < -0.4 is 16.2 Å². The van der Waals surface area contributed by atoms with Gasteiger partial charge < -0.3 is 15.1 Å². The number of alkyl halides is 3. The SMILES string of the molecule is CC1(C)CN(c2cc(NN)nc(C(F)(F)F)n2)CCO1. The third-order valence-electron chi connectivity index (χ3n) is 2.86. The van der Waals surface area contributed by atoms with Gasteiger partial charge in [-0.2, -0.15) is 13.2 Å². The van der Waals surface area contributed by atoms with E-state index in [9.17, 15) is 13.2 Å². The Morgan fingerprint density at radius 1 is 1.40 bits per heavy atom. The number of rotatable bonds is 2. The van der Waals surface area contributed by atoms with Crippen LogP contribution in [-0.4, -0.2) is 35.3 Å². The van der Waals surface area contributed by atoms with Crippen molar-refractivity contribution in [3.8, 4) is 0 Å². The van der Waals surface area contributed by atoms with Crippen LogP contribution in [0.1, 0.15) is 19.7 Å². The Balaban J connectivity index is 2.36. The fourth-order valence-corrected chi connectivity index (χ4v) is 2.01. The van der Waals surface area contributed by atoms with E-state index in [1.165, 1.54) is 6.07 Å². The summed E-state index contributed by atoms with van der Waals surface area (Å²) in [6.07, 6.45) is -4.62. The van der Waals surface area contributed by atoms with E-state index in [4.69, 9.17) is 10.6 Å². The third-order valence-corrected chi connectivity index (χ3v) is 2.86. The van der Waals surface area contributed by atoms with Crippen LogP contribution in [-0.2, 0) is 10.9 Å². The second kappa shape index (κ2) is 5.06. The summed E-state index contributed by atoms with van der Waals surface area (Å²) in [6.45, 7) is 5.05. The van der Waals surface area contributed by atoms with Crippen molar-refractivity contribution in [2.45, 2.75) is 25.6 Å². The minimum atomic E-state index is -4.62. The highest BCUT2D eigenvalue weighted by Crippen LogP contribution is 2.30. The third kappa shape index (κ3) is 3.28. The fraction of sp³-hybridized carbons (Fsp3) is 0.636. The molecule has 0 spiro atoms. The number of anilines is 2. The Morgan fingerprint density at radius 3 is 2.65 bits per heavy atom. The van der Waals surface area contributed by atoms with E-state index in [-0.39, 0.29) is 11.6 Å². The maximum atomic E-state index is 12.8. The topological polar surface area (TPSA) is 76.3 Å². The van der Waals surface area contributed by atoms with E-state index < -0.39 is 17.6 Å². The predicted molar refractivity (Wildman–Crippen MR) is 67.1 cm³/mol. The van der Waals surface area contributed by atoms with Crippen molar-refractivity contribution in [2.24, 2.45) is 5.84 Å². The number of ether oxygens (including phenoxy) is 1. The molecule has 0 unspecified atom stereocenters. The van der Waals surface area contributed by atoms with Crippen molar-refractivity contribution in [2.75, 3.05) is 30.0 Å². The van der Waals surface area contributed by atoms with E-state index in [2.05, 4.69) is 15.4 Å². The number of aromatic nitrogens is 2. The quantitative estimate of drug-likeness (QED) is 0.633. The number of nitrogens with one attached hydrogen (secondary N) is 1. The molecule has 0 radical (unpaired) electrons. The lowest BCUT2D eigenvalue weighted by atomic mass is 10.1. The van der Waals surface area contributed by atoms with Crippen LogP contribution in [0.4, 0.5) is 24.8 Å². The number of nitrogens with zero attached hydrogens (tertiary/aromatic N) is 3. The summed E-state index contributed by atoms with van der Waals surface area (Å²) >= 11 is 0. The lowest BCUT2D eigenvalue weighted by Gasteiger charge is -2.38. The summed E-state index contributed by atoms with van der Waals surface area (Å²) in [5, 5.41) is 0. The van der Waals surface area contributed by atoms with Crippen molar-refractivity contribution >= 4 is 11.6 Å². The van der Waals surface area contributed by atoms with Crippen LogP contribution in [0.3, 0.4) is 0 Å². The molecular formula is C11H16F3N5O. The van der Waals surface area contributed by atoms with Crippen molar-refractivity contribution in [1.82, 2.24) is 9.97 Å². The molecule has 2 rings (SSSR count). The smallest absolute Gasteiger partial charge is 0.372 e. The minimum absolute atomic E-state index is 0.0772. The van der Waals surface area contributed by atoms with Gasteiger partial charge in [0.15, 0.2) is 0 Å². The maximum Gasteiger partial charge on any atom is 0.451 e. The van der Waals surface area contributed by atoms with Gasteiger partial charge in [-0.3, -0.25) is 0 Å². The highest BCUT2D eigenvalue weighted by molar-refractivity contribution is 5.49. The van der Waals surface area contributed by atoms with Gasteiger partial charge in [-0.1, -0.05) is 0 Å². The first-order valence-electron chi connectivity index (χ1n) is 6.03. The molecule has 0 bridgehead atoms. The zero-order valence-corrected chi connectivity index (χ0v) is 11.2. The van der Waals surface area contributed by atoms with Crippen LogP contribution in [0.25, 0.3) is 0 Å². The highest BCUT2D eigenvalue weighted by Gasteiger charge is 2.36. The van der Waals surface area contributed by atoms with Gasteiger partial charge in [0.1, 0.15) is 11.6 Å². The van der Waals surface area contributed by atoms with E-state index in [1.807, 2.05) is 13.8 Å². The Morgan fingerprint density at radius 2 is 2.10 bits per heavy atom. The average Bonchev–Trinajstić information content (AvgIpc) is 2.36. The highest BCUT2D eigenvalue weighted by atomic mass is 19.4. The molecule has 1 fully saturated rings. The number of nitrogens with two attached hydrogens (primary N) is 1. The Labute approximate surface area is 114 Å². The lowest BCUT2D eigenvalue weighted by Crippen LogP contribution is -2.48. The summed E-state index contributed by atoms with van der Waals surface area (Å²) in [7, 11) is 0. The van der Waals surface area contributed by atoms with Crippen LogP contribution in [0.15, 0.2) is 6.07 Å². The molecule has 6 nitrogen and oxygen atoms in total. The molecule has 3 N–H and O–H groups in total. The zero-order chi connectivity index (χ0) is 15.0. The Bertz CT molecular complexity index is 491. The number of morpholine rings is 1. The van der Waals surface area contributed by atoms with Gasteiger partial charge in [-0.25, -0.2) is 15.8 Å². The van der Waals surface area contributed by atoms with Crippen LogP contribution in [0.5, 0.6) is 0 Å². The molecule has 2 heterocycles. The molecule has 1 aromatic rings. The molecule has 0 atom stereocenters. The Kier molecular flexibility index (Phi) is 3.74. The minimum Gasteiger partial charge on any atom is -0.372 e. The molecule has 112 valence electrons. The first kappa shape index (κ1) is 14.8. The number of hydrogen-bond donors (Lipinski definition) is 2. The molecular weight excluding hydrogens is 275 g/mol. The van der Waals surface area contributed by atoms with E-state index in [0.29, 0.717) is 19.7 Å². The van der Waals surface area contributed by atoms with Crippen LogP contribution in [0, 0.1) is 0 Å². The predicted octanol–water partition coefficient (Wildman–Crippen LogP) is 1.40. The van der Waals surface area contributed by atoms with Gasteiger partial charge >= 0.3 is 6.18 Å². The van der Waals surface area contributed by atoms with Gasteiger partial charge in [0.2, 0.25) is 5.82 Å². The summed E-state index contributed by atoms with van der Waals surface area (Å²) < 4.78 is 43.8. The Hall–Kier alpha value is -1.61. The van der Waals surface area contributed by atoms with Crippen LogP contribution in [0.2, 0.25) is 0 Å². The maximum absolute atomic E-state index is 12.8. The number of hydrazine groups is 1. The molecule has 0 saturated carbocycles. The molecule has 0 aliphatic carbocycles. The molecule has 1 saturated heterocycles. The largest absolute Gasteiger partial charge is 0.451 e. The number of nitrogen functional groups attached to an aromatic ring is 1. The van der Waals surface area contributed by atoms with E-state index in [1.54, 1.807) is 4.90 Å². The standard InChI is InChI=1S/C11H16F3N5O/c1-10(2)6-19(3-4-20-10)8-5-7(18-15)16-9(17-8)11(12,13)14/h5H,3-4,6,15H2,1-2H3,(H,16,17,18). The van der Waals surface area contributed by atoms with Crippen molar-refractivity contribution < 1.29 is 17.9 Å². The summed E-state index contributed by atoms with van der Waals surface area (Å²) in [5.41, 5.74) is 1.68. The van der Waals surface area contributed by atoms with E-state index in [0.717, 1.165) is 0 Å². The second-order valence-electron chi connectivity index (χ2n) is 5.11. The normalized spacial score (nSPS) is 19.0. The van der Waals surface area contributed by atoms with Crippen molar-refractivity contribution in [1.29, 1.82) is 0 Å². The zero-order valence-electron chi connectivity index (χ0n) is 11.2. The first-order chi connectivity index (χ1) is 9.21. The fourth-order valence-electron chi connectivity index (χ4n) is 2.01. The second-order valence-corrected chi connectivity index (χ2v) is 5.11. The van der Waals surface area contributed by atoms with Gasteiger partial charge in [0, 0.05) is 19.2 Å². The van der Waals surface area contributed by atoms with Crippen molar-refractivity contribution in [3.63, 3.8) is 0 Å². The van der Waals surface area contributed by atoms with Gasteiger partial charge in [-0.15, -0.1) is 0 Å². The summed E-state index contributed by atoms with van der Waals surface area (Å²) in [5.74, 6) is 4.05. The first-order valence-corrected chi connectivity index (χ1v) is 6.03. The molecule has 1 aliphatic heterocycles. The lowest BCUT2D eigenvalue weighted by molar-refractivity contribution is -0.144. The summed E-state index contributed by atoms with van der Waals surface area (Å²) in [4.78, 5) is 8.63. The molecule has 1 aliphatic rings. The molecule has 1 aromatic heterocycles. The molecule has 0 amide bonds. The molecule has 0 aromatic carbocycles.